The Morgan fingerprint density at radius 3 is 2.60 bits per heavy atom. The summed E-state index contributed by atoms with van der Waals surface area (Å²) >= 11 is 1.79. The number of rotatable bonds is 10. The van der Waals surface area contributed by atoms with Gasteiger partial charge in [-0.05, 0) is 62.6 Å². The fraction of sp³-hybridized carbons (Fsp3) is 0.667. The first kappa shape index (κ1) is 26.0. The van der Waals surface area contributed by atoms with Crippen LogP contribution in [0.5, 0.6) is 5.75 Å². The Kier molecular flexibility index (Phi) is 8.11. The molecule has 1 aromatic rings. The van der Waals surface area contributed by atoms with Gasteiger partial charge in [0.2, 0.25) is 11.8 Å². The molecule has 3 aliphatic heterocycles. The van der Waals surface area contributed by atoms with Crippen molar-refractivity contribution in [1.29, 1.82) is 0 Å². The van der Waals surface area contributed by atoms with Crippen LogP contribution in [0.25, 0.3) is 0 Å². The third kappa shape index (κ3) is 4.26. The molecule has 3 saturated heterocycles. The molecule has 0 bridgehead atoms. The molecule has 0 radical (unpaired) electrons. The van der Waals surface area contributed by atoms with Gasteiger partial charge in [0.1, 0.15) is 11.3 Å². The molecule has 0 aliphatic carbocycles. The maximum absolute atomic E-state index is 13.5. The number of fused-ring (bicyclic) bond motifs is 3. The maximum atomic E-state index is 13.5. The van der Waals surface area contributed by atoms with Gasteiger partial charge in [0.25, 0.3) is 0 Å². The van der Waals surface area contributed by atoms with E-state index in [-0.39, 0.29) is 17.9 Å². The minimum atomic E-state index is -1.10. The van der Waals surface area contributed by atoms with Crippen LogP contribution in [-0.4, -0.2) is 66.2 Å². The number of imide groups is 1. The van der Waals surface area contributed by atoms with E-state index in [4.69, 9.17) is 9.47 Å². The van der Waals surface area contributed by atoms with Crippen LogP contribution in [0.1, 0.15) is 70.4 Å². The third-order valence-electron chi connectivity index (χ3n) is 7.99. The number of likely N-dealkylation sites (tertiary alicyclic amines) is 1. The molecular formula is C27H38N2O5S. The van der Waals surface area contributed by atoms with Gasteiger partial charge < -0.3 is 9.47 Å². The average Bonchev–Trinajstić information content (AvgIpc) is 3.33. The second kappa shape index (κ2) is 10.9. The van der Waals surface area contributed by atoms with Gasteiger partial charge in [0, 0.05) is 17.5 Å². The molecule has 4 rings (SSSR count). The Morgan fingerprint density at radius 1 is 1.11 bits per heavy atom. The van der Waals surface area contributed by atoms with E-state index in [1.807, 2.05) is 19.1 Å². The summed E-state index contributed by atoms with van der Waals surface area (Å²) in [5, 5.41) is 0. The Balaban J connectivity index is 1.72. The Bertz CT molecular complexity index is 969. The molecule has 0 N–H and O–H groups in total. The van der Waals surface area contributed by atoms with Crippen molar-refractivity contribution in [3.63, 3.8) is 0 Å². The first-order valence-corrected chi connectivity index (χ1v) is 14.0. The summed E-state index contributed by atoms with van der Waals surface area (Å²) in [7, 11) is 3.04. The van der Waals surface area contributed by atoms with E-state index < -0.39 is 23.3 Å². The Hall–Kier alpha value is -2.06. The summed E-state index contributed by atoms with van der Waals surface area (Å²) in [6.45, 7) is 4.98. The lowest BCUT2D eigenvalue weighted by Crippen LogP contribution is -2.59. The number of hydrogen-bond donors (Lipinski definition) is 0. The Labute approximate surface area is 212 Å². The van der Waals surface area contributed by atoms with E-state index in [9.17, 15) is 14.4 Å². The molecule has 192 valence electrons. The van der Waals surface area contributed by atoms with Gasteiger partial charge in [-0.15, -0.1) is 11.8 Å². The summed E-state index contributed by atoms with van der Waals surface area (Å²) in [5.41, 5.74) is -0.183. The fourth-order valence-corrected chi connectivity index (χ4v) is 7.44. The second-order valence-electron chi connectivity index (χ2n) is 9.75. The number of methoxy groups -OCH3 is 2. The average molecular weight is 503 g/mol. The maximum Gasteiger partial charge on any atom is 0.327 e. The number of carbonyl (C=O) groups excluding carboxylic acids is 3. The number of thioether (sulfide) groups is 1. The molecule has 0 spiro atoms. The SMILES string of the molecule is CCCCCCSc1ccc([C@@H]2[C@H]3C(=O)N(CC)C(=O)[C@H]3[C@]3(C(=O)OC)CCCCN23)cc1OC. The van der Waals surface area contributed by atoms with Gasteiger partial charge in [-0.3, -0.25) is 24.2 Å². The van der Waals surface area contributed by atoms with E-state index in [2.05, 4.69) is 17.9 Å². The molecular weight excluding hydrogens is 464 g/mol. The zero-order valence-electron chi connectivity index (χ0n) is 21.4. The summed E-state index contributed by atoms with van der Waals surface area (Å²) < 4.78 is 11.0. The highest BCUT2D eigenvalue weighted by Gasteiger charge is 2.72. The number of amides is 2. The highest BCUT2D eigenvalue weighted by Crippen LogP contribution is 2.58. The molecule has 2 amide bonds. The lowest BCUT2D eigenvalue weighted by molar-refractivity contribution is -0.164. The smallest absolute Gasteiger partial charge is 0.327 e. The van der Waals surface area contributed by atoms with Gasteiger partial charge in [-0.25, -0.2) is 0 Å². The summed E-state index contributed by atoms with van der Waals surface area (Å²) in [4.78, 5) is 44.9. The van der Waals surface area contributed by atoms with Crippen molar-refractivity contribution in [2.45, 2.75) is 75.3 Å². The van der Waals surface area contributed by atoms with Crippen molar-refractivity contribution in [1.82, 2.24) is 9.80 Å². The van der Waals surface area contributed by atoms with Crippen LogP contribution in [0.3, 0.4) is 0 Å². The number of benzene rings is 1. The number of esters is 1. The first-order chi connectivity index (χ1) is 17.0. The molecule has 35 heavy (non-hydrogen) atoms. The van der Waals surface area contributed by atoms with Gasteiger partial charge in [-0.2, -0.15) is 0 Å². The zero-order chi connectivity index (χ0) is 25.2. The zero-order valence-corrected chi connectivity index (χ0v) is 22.2. The number of carbonyl (C=O) groups is 3. The topological polar surface area (TPSA) is 76.2 Å². The van der Waals surface area contributed by atoms with Crippen LogP contribution >= 0.6 is 11.8 Å². The minimum Gasteiger partial charge on any atom is -0.496 e. The second-order valence-corrected chi connectivity index (χ2v) is 10.9. The van der Waals surface area contributed by atoms with Crippen LogP contribution in [0.4, 0.5) is 0 Å². The Morgan fingerprint density at radius 2 is 1.91 bits per heavy atom. The summed E-state index contributed by atoms with van der Waals surface area (Å²) in [6.07, 6.45) is 7.12. The highest BCUT2D eigenvalue weighted by atomic mass is 32.2. The standard InChI is InChI=1S/C27H38N2O5S/c1-5-7-8-11-16-35-20-13-12-18(17-19(20)33-3)23-21-22(25(31)28(6-2)24(21)30)27(26(32)34-4)14-9-10-15-29(23)27/h12-13,17,21-23H,5-11,14-16H2,1-4H3/t21-,22-,23+,27-/m0/s1. The van der Waals surface area contributed by atoms with E-state index in [0.29, 0.717) is 19.5 Å². The molecule has 7 nitrogen and oxygen atoms in total. The van der Waals surface area contributed by atoms with Gasteiger partial charge >= 0.3 is 5.97 Å². The molecule has 4 atom stereocenters. The van der Waals surface area contributed by atoms with Crippen molar-refractivity contribution in [2.75, 3.05) is 33.1 Å². The van der Waals surface area contributed by atoms with Crippen molar-refractivity contribution in [3.8, 4) is 5.75 Å². The van der Waals surface area contributed by atoms with Gasteiger partial charge in [0.05, 0.1) is 26.1 Å². The van der Waals surface area contributed by atoms with Crippen molar-refractivity contribution >= 4 is 29.5 Å². The number of hydrogen-bond acceptors (Lipinski definition) is 7. The monoisotopic (exact) mass is 502 g/mol. The number of unbranched alkanes of at least 4 members (excludes halogenated alkanes) is 3. The summed E-state index contributed by atoms with van der Waals surface area (Å²) in [5.74, 6) is -0.341. The van der Waals surface area contributed by atoms with Gasteiger partial charge in [0.15, 0.2) is 0 Å². The molecule has 0 saturated carbocycles. The molecule has 0 aromatic heterocycles. The van der Waals surface area contributed by atoms with Crippen LogP contribution in [0.15, 0.2) is 23.1 Å². The predicted molar refractivity (Wildman–Crippen MR) is 135 cm³/mol. The van der Waals surface area contributed by atoms with Crippen molar-refractivity contribution in [3.05, 3.63) is 23.8 Å². The van der Waals surface area contributed by atoms with Crippen molar-refractivity contribution < 1.29 is 23.9 Å². The van der Waals surface area contributed by atoms with E-state index in [1.165, 1.54) is 31.3 Å². The van der Waals surface area contributed by atoms with E-state index in [1.54, 1.807) is 18.9 Å². The molecule has 1 aromatic carbocycles. The van der Waals surface area contributed by atoms with Crippen molar-refractivity contribution in [2.24, 2.45) is 11.8 Å². The number of nitrogens with zero attached hydrogens (tertiary/aromatic N) is 2. The highest BCUT2D eigenvalue weighted by molar-refractivity contribution is 7.99. The van der Waals surface area contributed by atoms with E-state index in [0.717, 1.165) is 41.2 Å². The van der Waals surface area contributed by atoms with Crippen LogP contribution < -0.4 is 4.74 Å². The molecule has 3 heterocycles. The van der Waals surface area contributed by atoms with Crippen LogP contribution in [0.2, 0.25) is 0 Å². The lowest BCUT2D eigenvalue weighted by atomic mass is 9.75. The van der Waals surface area contributed by atoms with E-state index >= 15 is 0 Å². The lowest BCUT2D eigenvalue weighted by Gasteiger charge is -2.44. The normalized spacial score (nSPS) is 28.2. The van der Waals surface area contributed by atoms with Crippen LogP contribution in [-0.2, 0) is 19.1 Å². The number of ether oxygens (including phenoxy) is 2. The third-order valence-corrected chi connectivity index (χ3v) is 9.13. The van der Waals surface area contributed by atoms with Gasteiger partial charge in [-0.1, -0.05) is 32.3 Å². The molecule has 8 heteroatoms. The fourth-order valence-electron chi connectivity index (χ4n) is 6.43. The minimum absolute atomic E-state index is 0.182. The molecule has 3 fully saturated rings. The predicted octanol–water partition coefficient (Wildman–Crippen LogP) is 4.44. The van der Waals surface area contributed by atoms with Crippen LogP contribution in [0, 0.1) is 11.8 Å². The number of piperidine rings is 1. The first-order valence-electron chi connectivity index (χ1n) is 13.0. The molecule has 3 aliphatic rings. The molecule has 0 unspecified atom stereocenters. The largest absolute Gasteiger partial charge is 0.496 e. The summed E-state index contributed by atoms with van der Waals surface area (Å²) in [6, 6.07) is 5.75. The quantitative estimate of drug-likeness (QED) is 0.203.